The van der Waals surface area contributed by atoms with E-state index in [4.69, 9.17) is 20.4 Å². The maximum atomic E-state index is 5.64. The number of pyridine rings is 1. The van der Waals surface area contributed by atoms with Crippen LogP contribution in [0.4, 0.5) is 0 Å². The quantitative estimate of drug-likeness (QED) is 0.890. The molecule has 0 atom stereocenters. The summed E-state index contributed by atoms with van der Waals surface area (Å²) in [4.78, 5) is 16.9. The normalized spacial score (nSPS) is 15.2. The second kappa shape index (κ2) is 7.39. The lowest BCUT2D eigenvalue weighted by atomic mass is 10.4. The topological polar surface area (TPSA) is 76.6 Å². The van der Waals surface area contributed by atoms with Crippen molar-refractivity contribution in [3.05, 3.63) is 29.2 Å². The van der Waals surface area contributed by atoms with E-state index in [2.05, 4.69) is 9.88 Å². The van der Waals surface area contributed by atoms with Gasteiger partial charge >= 0.3 is 0 Å². The summed E-state index contributed by atoms with van der Waals surface area (Å²) in [5.74, 6) is 1.84. The first kappa shape index (κ1) is 16.4. The summed E-state index contributed by atoms with van der Waals surface area (Å²) in [7, 11) is 3.70. The van der Waals surface area contributed by atoms with Gasteiger partial charge in [-0.15, -0.1) is 23.1 Å². The van der Waals surface area contributed by atoms with Gasteiger partial charge in [0.1, 0.15) is 10.8 Å². The predicted molar refractivity (Wildman–Crippen MR) is 97.8 cm³/mol. The standard InChI is InChI=1S/C15H19N5OS2/c1-20(6-4-16)13-9-22-14(11(18-13)8-21-2)15-19-10-3-5-17-7-12(10)23-15/h3,5,7H,4,6,8-9,16H2,1-2H3. The van der Waals surface area contributed by atoms with Crippen LogP contribution >= 0.6 is 23.1 Å². The number of rotatable bonds is 5. The van der Waals surface area contributed by atoms with Gasteiger partial charge in [-0.3, -0.25) is 4.98 Å². The van der Waals surface area contributed by atoms with E-state index in [1.807, 2.05) is 19.3 Å². The van der Waals surface area contributed by atoms with Gasteiger partial charge in [0, 0.05) is 39.6 Å². The Labute approximate surface area is 143 Å². The second-order valence-corrected chi connectivity index (χ2v) is 7.11. The molecular weight excluding hydrogens is 330 g/mol. The van der Waals surface area contributed by atoms with Crippen LogP contribution in [-0.4, -0.2) is 60.3 Å². The Morgan fingerprint density at radius 2 is 2.30 bits per heavy atom. The van der Waals surface area contributed by atoms with Crippen molar-refractivity contribution in [3.8, 4) is 0 Å². The van der Waals surface area contributed by atoms with E-state index in [1.165, 1.54) is 0 Å². The second-order valence-electron chi connectivity index (χ2n) is 5.10. The molecule has 122 valence electrons. The van der Waals surface area contributed by atoms with Crippen molar-refractivity contribution in [1.82, 2.24) is 14.9 Å². The van der Waals surface area contributed by atoms with Crippen LogP contribution < -0.4 is 5.73 Å². The van der Waals surface area contributed by atoms with Crippen LogP contribution in [0.3, 0.4) is 0 Å². The summed E-state index contributed by atoms with van der Waals surface area (Å²) >= 11 is 3.40. The van der Waals surface area contributed by atoms with Gasteiger partial charge in [0.25, 0.3) is 0 Å². The Balaban J connectivity index is 1.98. The van der Waals surface area contributed by atoms with Gasteiger partial charge in [0.2, 0.25) is 0 Å². The minimum Gasteiger partial charge on any atom is -0.378 e. The van der Waals surface area contributed by atoms with Gasteiger partial charge in [-0.25, -0.2) is 9.98 Å². The molecule has 0 amide bonds. The van der Waals surface area contributed by atoms with Gasteiger partial charge in [-0.1, -0.05) is 0 Å². The lowest BCUT2D eigenvalue weighted by Gasteiger charge is -2.25. The van der Waals surface area contributed by atoms with Crippen LogP contribution in [0.25, 0.3) is 15.1 Å². The average molecular weight is 349 g/mol. The molecule has 3 heterocycles. The maximum Gasteiger partial charge on any atom is 0.133 e. The van der Waals surface area contributed by atoms with Crippen LogP contribution in [0.15, 0.2) is 29.1 Å². The molecular formula is C15H19N5OS2. The van der Waals surface area contributed by atoms with Crippen LogP contribution in [0.1, 0.15) is 5.01 Å². The maximum absolute atomic E-state index is 5.64. The molecule has 0 aliphatic carbocycles. The minimum atomic E-state index is 0.469. The van der Waals surface area contributed by atoms with E-state index in [0.717, 1.165) is 44.0 Å². The highest BCUT2D eigenvalue weighted by Gasteiger charge is 2.22. The number of thiazole rings is 1. The van der Waals surface area contributed by atoms with Crippen molar-refractivity contribution < 1.29 is 4.74 Å². The smallest absolute Gasteiger partial charge is 0.133 e. The average Bonchev–Trinajstić information content (AvgIpc) is 2.99. The van der Waals surface area contributed by atoms with Crippen molar-refractivity contribution in [3.63, 3.8) is 0 Å². The van der Waals surface area contributed by atoms with Crippen molar-refractivity contribution >= 4 is 44.1 Å². The molecule has 0 spiro atoms. The Hall–Kier alpha value is -1.48. The third-order valence-electron chi connectivity index (χ3n) is 3.44. The molecule has 6 nitrogen and oxygen atoms in total. The molecule has 0 radical (unpaired) electrons. The SMILES string of the molecule is COCC1=C(c2nc3ccncc3s2)SCC(N(C)CCN)=N1. The lowest BCUT2D eigenvalue weighted by Crippen LogP contribution is -2.34. The highest BCUT2D eigenvalue weighted by Crippen LogP contribution is 2.38. The van der Waals surface area contributed by atoms with Crippen molar-refractivity contribution in [2.75, 3.05) is 39.6 Å². The summed E-state index contributed by atoms with van der Waals surface area (Å²) < 4.78 is 6.42. The summed E-state index contributed by atoms with van der Waals surface area (Å²) in [6, 6.07) is 1.93. The number of methoxy groups -OCH3 is 1. The molecule has 0 saturated heterocycles. The molecule has 2 aromatic rings. The summed E-state index contributed by atoms with van der Waals surface area (Å²) in [5.41, 5.74) is 7.53. The molecule has 2 N–H and O–H groups in total. The van der Waals surface area contributed by atoms with Crippen molar-refractivity contribution in [2.24, 2.45) is 10.7 Å². The zero-order chi connectivity index (χ0) is 16.2. The van der Waals surface area contributed by atoms with Gasteiger partial charge < -0.3 is 15.4 Å². The molecule has 8 heteroatoms. The van der Waals surface area contributed by atoms with E-state index < -0.39 is 0 Å². The van der Waals surface area contributed by atoms with Gasteiger partial charge in [0.15, 0.2) is 0 Å². The van der Waals surface area contributed by atoms with Crippen LogP contribution in [0.5, 0.6) is 0 Å². The largest absolute Gasteiger partial charge is 0.378 e. The summed E-state index contributed by atoms with van der Waals surface area (Å²) in [6.07, 6.45) is 3.62. The number of ether oxygens (including phenoxy) is 1. The monoisotopic (exact) mass is 349 g/mol. The van der Waals surface area contributed by atoms with E-state index in [1.54, 1.807) is 36.4 Å². The van der Waals surface area contributed by atoms with Crippen molar-refractivity contribution in [1.29, 1.82) is 0 Å². The Morgan fingerprint density at radius 1 is 1.43 bits per heavy atom. The number of fused-ring (bicyclic) bond motifs is 1. The van der Waals surface area contributed by atoms with Gasteiger partial charge in [-0.05, 0) is 6.07 Å². The number of likely N-dealkylation sites (N-methyl/N-ethyl adjacent to an activating group) is 1. The molecule has 2 aromatic heterocycles. The molecule has 1 aliphatic rings. The number of nitrogens with zero attached hydrogens (tertiary/aromatic N) is 4. The number of nitrogens with two attached hydrogens (primary N) is 1. The molecule has 0 saturated carbocycles. The van der Waals surface area contributed by atoms with Crippen molar-refractivity contribution in [2.45, 2.75) is 0 Å². The molecule has 0 aromatic carbocycles. The van der Waals surface area contributed by atoms with Crippen LogP contribution in [0.2, 0.25) is 0 Å². The lowest BCUT2D eigenvalue weighted by molar-refractivity contribution is 0.225. The summed E-state index contributed by atoms with van der Waals surface area (Å²) in [5, 5.41) is 0.981. The fraction of sp³-hybridized carbons (Fsp3) is 0.400. The number of hydrogen-bond acceptors (Lipinski definition) is 8. The first-order valence-electron chi connectivity index (χ1n) is 7.27. The first-order chi connectivity index (χ1) is 11.2. The zero-order valence-electron chi connectivity index (χ0n) is 13.2. The first-order valence-corrected chi connectivity index (χ1v) is 9.07. The number of thioether (sulfide) groups is 1. The van der Waals surface area contributed by atoms with E-state index >= 15 is 0 Å². The third-order valence-corrected chi connectivity index (χ3v) is 5.72. The number of aliphatic imine (C=N–C) groups is 1. The molecule has 23 heavy (non-hydrogen) atoms. The van der Waals surface area contributed by atoms with Crippen LogP contribution in [-0.2, 0) is 4.74 Å². The van der Waals surface area contributed by atoms with Crippen LogP contribution in [0, 0.1) is 0 Å². The molecule has 0 fully saturated rings. The fourth-order valence-corrected chi connectivity index (χ4v) is 4.47. The highest BCUT2D eigenvalue weighted by atomic mass is 32.2. The number of amidine groups is 1. The number of aromatic nitrogens is 2. The minimum absolute atomic E-state index is 0.469. The molecule has 0 bridgehead atoms. The fourth-order valence-electron chi connectivity index (χ4n) is 2.27. The summed E-state index contributed by atoms with van der Waals surface area (Å²) in [6.45, 7) is 1.87. The van der Waals surface area contributed by atoms with E-state index in [0.29, 0.717) is 13.2 Å². The Morgan fingerprint density at radius 3 is 3.04 bits per heavy atom. The Kier molecular flexibility index (Phi) is 5.27. The molecule has 3 rings (SSSR count). The van der Waals surface area contributed by atoms with E-state index in [-0.39, 0.29) is 0 Å². The number of hydrogen-bond donors (Lipinski definition) is 1. The third kappa shape index (κ3) is 3.55. The zero-order valence-corrected chi connectivity index (χ0v) is 14.8. The molecule has 0 unspecified atom stereocenters. The molecule has 1 aliphatic heterocycles. The van der Waals surface area contributed by atoms with E-state index in [9.17, 15) is 0 Å². The van der Waals surface area contributed by atoms with Gasteiger partial charge in [0.05, 0.1) is 33.2 Å². The van der Waals surface area contributed by atoms with Gasteiger partial charge in [-0.2, -0.15) is 0 Å². The highest BCUT2D eigenvalue weighted by molar-refractivity contribution is 8.09. The Bertz CT molecular complexity index is 722. The predicted octanol–water partition coefficient (Wildman–Crippen LogP) is 2.04.